The van der Waals surface area contributed by atoms with Crippen molar-refractivity contribution in [1.82, 2.24) is 4.90 Å². The standard InChI is InChI=1S/C12H30N2O2Si/c1-6-15-17(5,16-7-2)12(8-10-13)9-11-14(3)4/h12H,6-11,13H2,1-5H3. The van der Waals surface area contributed by atoms with Crippen molar-refractivity contribution in [3.8, 4) is 0 Å². The van der Waals surface area contributed by atoms with Crippen LogP contribution in [0, 0.1) is 0 Å². The van der Waals surface area contributed by atoms with Crippen LogP contribution in [0.2, 0.25) is 12.1 Å². The van der Waals surface area contributed by atoms with Gasteiger partial charge in [0, 0.05) is 18.8 Å². The predicted octanol–water partition coefficient (Wildman–Crippen LogP) is 1.80. The summed E-state index contributed by atoms with van der Waals surface area (Å²) >= 11 is 0. The molecule has 1 unspecified atom stereocenters. The summed E-state index contributed by atoms with van der Waals surface area (Å²) in [5.74, 6) is 0. The molecule has 0 aliphatic heterocycles. The number of nitrogens with zero attached hydrogens (tertiary/aromatic N) is 1. The van der Waals surface area contributed by atoms with E-state index in [9.17, 15) is 0 Å². The summed E-state index contributed by atoms with van der Waals surface area (Å²) in [6.07, 6.45) is 2.10. The average molecular weight is 262 g/mol. The molecule has 0 spiro atoms. The van der Waals surface area contributed by atoms with E-state index in [1.54, 1.807) is 0 Å². The number of nitrogens with two attached hydrogens (primary N) is 1. The second-order valence-corrected chi connectivity index (χ2v) is 8.17. The molecule has 0 rings (SSSR count). The molecule has 5 heteroatoms. The van der Waals surface area contributed by atoms with E-state index < -0.39 is 8.56 Å². The monoisotopic (exact) mass is 262 g/mol. The van der Waals surface area contributed by atoms with Gasteiger partial charge in [0.05, 0.1) is 0 Å². The van der Waals surface area contributed by atoms with Crippen molar-refractivity contribution in [2.24, 2.45) is 5.73 Å². The van der Waals surface area contributed by atoms with Crippen molar-refractivity contribution < 1.29 is 8.85 Å². The Morgan fingerprint density at radius 1 is 1.12 bits per heavy atom. The molecule has 2 N–H and O–H groups in total. The fraction of sp³-hybridized carbons (Fsp3) is 1.00. The van der Waals surface area contributed by atoms with Crippen molar-refractivity contribution in [2.45, 2.75) is 38.8 Å². The Hall–Kier alpha value is 0.0569. The SMILES string of the molecule is CCO[Si](C)(OCC)C(CCN)CCN(C)C. The fourth-order valence-electron chi connectivity index (χ4n) is 2.13. The molecule has 0 saturated carbocycles. The molecule has 17 heavy (non-hydrogen) atoms. The van der Waals surface area contributed by atoms with Crippen molar-refractivity contribution in [3.05, 3.63) is 0 Å². The number of hydrogen-bond donors (Lipinski definition) is 1. The van der Waals surface area contributed by atoms with Gasteiger partial charge in [-0.15, -0.1) is 0 Å². The molecule has 0 bridgehead atoms. The minimum atomic E-state index is -2.07. The first kappa shape index (κ1) is 17.1. The van der Waals surface area contributed by atoms with Gasteiger partial charge >= 0.3 is 8.56 Å². The van der Waals surface area contributed by atoms with Gasteiger partial charge < -0.3 is 19.5 Å². The van der Waals surface area contributed by atoms with Gasteiger partial charge in [-0.05, 0) is 60.4 Å². The summed E-state index contributed by atoms with van der Waals surface area (Å²) in [6, 6.07) is 0. The van der Waals surface area contributed by atoms with Crippen LogP contribution in [0.1, 0.15) is 26.7 Å². The number of hydrogen-bond acceptors (Lipinski definition) is 4. The van der Waals surface area contributed by atoms with Gasteiger partial charge in [0.25, 0.3) is 0 Å². The highest BCUT2D eigenvalue weighted by Gasteiger charge is 2.39. The maximum Gasteiger partial charge on any atom is 0.338 e. The maximum atomic E-state index is 5.96. The molecule has 0 amide bonds. The van der Waals surface area contributed by atoms with E-state index in [0.29, 0.717) is 12.1 Å². The van der Waals surface area contributed by atoms with E-state index in [1.807, 2.05) is 13.8 Å². The Labute approximate surface area is 108 Å². The van der Waals surface area contributed by atoms with Crippen LogP contribution in [0.4, 0.5) is 0 Å². The summed E-state index contributed by atoms with van der Waals surface area (Å²) < 4.78 is 11.9. The molecule has 0 aromatic carbocycles. The topological polar surface area (TPSA) is 47.7 Å². The van der Waals surface area contributed by atoms with Crippen LogP contribution in [0.3, 0.4) is 0 Å². The molecular weight excluding hydrogens is 232 g/mol. The molecule has 0 radical (unpaired) electrons. The summed E-state index contributed by atoms with van der Waals surface area (Å²) in [5, 5.41) is 0. The Kier molecular flexibility index (Phi) is 9.08. The van der Waals surface area contributed by atoms with Crippen LogP contribution in [0.5, 0.6) is 0 Å². The Bertz CT molecular complexity index is 185. The lowest BCUT2D eigenvalue weighted by atomic mass is 10.2. The van der Waals surface area contributed by atoms with Gasteiger partial charge in [-0.1, -0.05) is 0 Å². The highest BCUT2D eigenvalue weighted by atomic mass is 28.4. The summed E-state index contributed by atoms with van der Waals surface area (Å²) in [5.41, 5.74) is 6.20. The quantitative estimate of drug-likeness (QED) is 0.610. The lowest BCUT2D eigenvalue weighted by molar-refractivity contribution is 0.173. The second kappa shape index (κ2) is 9.05. The molecule has 4 nitrogen and oxygen atoms in total. The molecular formula is C12H30N2O2Si. The lowest BCUT2D eigenvalue weighted by Crippen LogP contribution is -2.45. The van der Waals surface area contributed by atoms with E-state index >= 15 is 0 Å². The van der Waals surface area contributed by atoms with E-state index in [4.69, 9.17) is 14.6 Å². The van der Waals surface area contributed by atoms with E-state index in [2.05, 4.69) is 25.5 Å². The maximum absolute atomic E-state index is 5.96. The molecule has 0 fully saturated rings. The zero-order valence-corrected chi connectivity index (χ0v) is 13.2. The van der Waals surface area contributed by atoms with Crippen LogP contribution < -0.4 is 5.73 Å². The first-order valence-corrected chi connectivity index (χ1v) is 9.02. The van der Waals surface area contributed by atoms with Gasteiger partial charge in [-0.3, -0.25) is 0 Å². The van der Waals surface area contributed by atoms with E-state index in [0.717, 1.165) is 32.6 Å². The predicted molar refractivity (Wildman–Crippen MR) is 75.5 cm³/mol. The summed E-state index contributed by atoms with van der Waals surface area (Å²) in [4.78, 5) is 2.20. The lowest BCUT2D eigenvalue weighted by Gasteiger charge is -2.34. The van der Waals surface area contributed by atoms with Gasteiger partial charge in [0.1, 0.15) is 0 Å². The van der Waals surface area contributed by atoms with Crippen molar-refractivity contribution in [1.29, 1.82) is 0 Å². The first-order valence-electron chi connectivity index (χ1n) is 6.62. The number of rotatable bonds is 10. The van der Waals surface area contributed by atoms with Gasteiger partial charge in [0.15, 0.2) is 0 Å². The Balaban J connectivity index is 4.56. The molecule has 0 aliphatic carbocycles. The van der Waals surface area contributed by atoms with Crippen LogP contribution in [-0.4, -0.2) is 53.9 Å². The summed E-state index contributed by atoms with van der Waals surface area (Å²) in [6.45, 7) is 9.48. The van der Waals surface area contributed by atoms with Crippen molar-refractivity contribution in [3.63, 3.8) is 0 Å². The molecule has 0 heterocycles. The van der Waals surface area contributed by atoms with Crippen LogP contribution in [-0.2, 0) is 8.85 Å². The molecule has 0 aromatic heterocycles. The largest absolute Gasteiger partial charge is 0.394 e. The van der Waals surface area contributed by atoms with Crippen LogP contribution in [0.25, 0.3) is 0 Å². The molecule has 0 saturated heterocycles. The van der Waals surface area contributed by atoms with Crippen LogP contribution in [0.15, 0.2) is 0 Å². The zero-order chi connectivity index (χ0) is 13.3. The van der Waals surface area contributed by atoms with Gasteiger partial charge in [0.2, 0.25) is 0 Å². The van der Waals surface area contributed by atoms with Crippen molar-refractivity contribution >= 4 is 8.56 Å². The smallest absolute Gasteiger partial charge is 0.338 e. The zero-order valence-electron chi connectivity index (χ0n) is 12.2. The second-order valence-electron chi connectivity index (χ2n) is 4.75. The Morgan fingerprint density at radius 2 is 1.65 bits per heavy atom. The highest BCUT2D eigenvalue weighted by molar-refractivity contribution is 6.67. The van der Waals surface area contributed by atoms with Gasteiger partial charge in [-0.2, -0.15) is 0 Å². The van der Waals surface area contributed by atoms with E-state index in [1.165, 1.54) is 0 Å². The molecule has 0 aromatic rings. The third kappa shape index (κ3) is 6.52. The minimum absolute atomic E-state index is 0.481. The third-order valence-corrected chi connectivity index (χ3v) is 6.83. The third-order valence-electron chi connectivity index (χ3n) is 3.04. The van der Waals surface area contributed by atoms with Crippen LogP contribution >= 0.6 is 0 Å². The first-order chi connectivity index (χ1) is 8.00. The minimum Gasteiger partial charge on any atom is -0.394 e. The normalized spacial score (nSPS) is 14.3. The fourth-order valence-corrected chi connectivity index (χ4v) is 5.18. The molecule has 1 atom stereocenters. The molecule has 104 valence electrons. The molecule has 0 aliphatic rings. The van der Waals surface area contributed by atoms with Gasteiger partial charge in [-0.25, -0.2) is 0 Å². The van der Waals surface area contributed by atoms with E-state index in [-0.39, 0.29) is 0 Å². The Morgan fingerprint density at radius 3 is 2.00 bits per heavy atom. The highest BCUT2D eigenvalue weighted by Crippen LogP contribution is 2.30. The van der Waals surface area contributed by atoms with Crippen molar-refractivity contribution in [2.75, 3.05) is 40.4 Å². The summed E-state index contributed by atoms with van der Waals surface area (Å²) in [7, 11) is 2.12. The average Bonchev–Trinajstić information content (AvgIpc) is 2.24.